The summed E-state index contributed by atoms with van der Waals surface area (Å²) in [6, 6.07) is 16.1. The van der Waals surface area contributed by atoms with E-state index >= 15 is 0 Å². The van der Waals surface area contributed by atoms with Crippen molar-refractivity contribution >= 4 is 22.8 Å². The van der Waals surface area contributed by atoms with Crippen LogP contribution in [0.3, 0.4) is 0 Å². The van der Waals surface area contributed by atoms with E-state index in [0.29, 0.717) is 5.82 Å². The van der Waals surface area contributed by atoms with Gasteiger partial charge in [-0.3, -0.25) is 0 Å². The van der Waals surface area contributed by atoms with Crippen LogP contribution in [0.15, 0.2) is 67.1 Å². The van der Waals surface area contributed by atoms with Gasteiger partial charge in [0.25, 0.3) is 0 Å². The zero-order valence-corrected chi connectivity index (χ0v) is 16.5. The minimum Gasteiger partial charge on any atom is -0.392 e. The van der Waals surface area contributed by atoms with E-state index in [2.05, 4.69) is 39.5 Å². The number of aliphatic hydroxyl groups excluding tert-OH is 1. The molecule has 1 saturated heterocycles. The van der Waals surface area contributed by atoms with Gasteiger partial charge in [0, 0.05) is 48.6 Å². The van der Waals surface area contributed by atoms with E-state index in [1.165, 1.54) is 5.69 Å². The average molecular weight is 401 g/mol. The van der Waals surface area contributed by atoms with Gasteiger partial charge in [0.2, 0.25) is 0 Å². The normalized spacial score (nSPS) is 14.2. The van der Waals surface area contributed by atoms with Gasteiger partial charge in [0.1, 0.15) is 0 Å². The minimum absolute atomic E-state index is 0.0361. The predicted molar refractivity (Wildman–Crippen MR) is 117 cm³/mol. The van der Waals surface area contributed by atoms with E-state index in [9.17, 15) is 5.11 Å². The first-order valence-electron chi connectivity index (χ1n) is 10.0. The van der Waals surface area contributed by atoms with Crippen LogP contribution >= 0.6 is 0 Å². The number of anilines is 3. The van der Waals surface area contributed by atoms with Gasteiger partial charge in [-0.25, -0.2) is 9.97 Å². The van der Waals surface area contributed by atoms with Crippen LogP contribution in [0.25, 0.3) is 16.9 Å². The summed E-state index contributed by atoms with van der Waals surface area (Å²) in [5.41, 5.74) is 5.40. The van der Waals surface area contributed by atoms with Gasteiger partial charge < -0.3 is 24.5 Å². The fourth-order valence-electron chi connectivity index (χ4n) is 3.77. The van der Waals surface area contributed by atoms with Crippen LogP contribution in [0, 0.1) is 0 Å². The Morgan fingerprint density at radius 1 is 1.03 bits per heavy atom. The van der Waals surface area contributed by atoms with Crippen LogP contribution in [-0.2, 0) is 11.3 Å². The van der Waals surface area contributed by atoms with Crippen LogP contribution < -0.4 is 10.2 Å². The van der Waals surface area contributed by atoms with Crippen molar-refractivity contribution in [3.05, 3.63) is 72.7 Å². The van der Waals surface area contributed by atoms with E-state index in [1.807, 2.05) is 41.1 Å². The third-order valence-electron chi connectivity index (χ3n) is 5.34. The van der Waals surface area contributed by atoms with Crippen molar-refractivity contribution in [3.8, 4) is 11.3 Å². The Hall–Kier alpha value is -3.42. The molecule has 152 valence electrons. The minimum atomic E-state index is -0.0361. The fraction of sp³-hybridized carbons (Fsp3) is 0.217. The number of nitrogens with one attached hydrogen (secondary N) is 1. The number of imidazole rings is 1. The Kier molecular flexibility index (Phi) is 5.04. The number of nitrogens with zero attached hydrogens (tertiary/aromatic N) is 4. The lowest BCUT2D eigenvalue weighted by atomic mass is 10.1. The van der Waals surface area contributed by atoms with Crippen molar-refractivity contribution in [1.29, 1.82) is 0 Å². The first-order chi connectivity index (χ1) is 14.8. The molecule has 0 radical (unpaired) electrons. The lowest BCUT2D eigenvalue weighted by Crippen LogP contribution is -2.36. The van der Waals surface area contributed by atoms with Crippen LogP contribution in [-0.4, -0.2) is 45.8 Å². The van der Waals surface area contributed by atoms with Crippen LogP contribution in [0.5, 0.6) is 0 Å². The highest BCUT2D eigenvalue weighted by molar-refractivity contribution is 5.75. The molecule has 3 heterocycles. The smallest absolute Gasteiger partial charge is 0.180 e. The quantitative estimate of drug-likeness (QED) is 0.533. The molecule has 0 saturated carbocycles. The molecule has 30 heavy (non-hydrogen) atoms. The monoisotopic (exact) mass is 401 g/mol. The van der Waals surface area contributed by atoms with E-state index in [4.69, 9.17) is 9.72 Å². The Labute approximate surface area is 174 Å². The fourth-order valence-corrected chi connectivity index (χ4v) is 3.77. The highest BCUT2D eigenvalue weighted by atomic mass is 16.5. The molecule has 7 nitrogen and oxygen atoms in total. The molecular weight excluding hydrogens is 378 g/mol. The average Bonchev–Trinajstić information content (AvgIpc) is 3.29. The summed E-state index contributed by atoms with van der Waals surface area (Å²) in [7, 11) is 0. The number of aromatic nitrogens is 3. The number of rotatable bonds is 5. The molecule has 1 aliphatic heterocycles. The maximum atomic E-state index is 9.72. The second-order valence-corrected chi connectivity index (χ2v) is 7.22. The predicted octanol–water partition coefficient (Wildman–Crippen LogP) is 3.47. The number of hydrogen-bond acceptors (Lipinski definition) is 6. The zero-order chi connectivity index (χ0) is 20.3. The van der Waals surface area contributed by atoms with Crippen LogP contribution in [0.1, 0.15) is 5.56 Å². The molecule has 0 unspecified atom stereocenters. The maximum Gasteiger partial charge on any atom is 0.180 e. The van der Waals surface area contributed by atoms with Gasteiger partial charge in [-0.2, -0.15) is 0 Å². The first kappa shape index (κ1) is 18.6. The molecule has 2 aromatic carbocycles. The number of benzene rings is 2. The SMILES string of the molecule is OCc1ccccc1-c1cn2ccnc2c(Nc2ccc(N3CCOCC3)cc2)n1. The van der Waals surface area contributed by atoms with Crippen molar-refractivity contribution in [2.75, 3.05) is 36.5 Å². The lowest BCUT2D eigenvalue weighted by molar-refractivity contribution is 0.122. The molecule has 0 aliphatic carbocycles. The summed E-state index contributed by atoms with van der Waals surface area (Å²) >= 11 is 0. The van der Waals surface area contributed by atoms with Gasteiger partial charge in [-0.1, -0.05) is 24.3 Å². The number of aliphatic hydroxyl groups is 1. The Morgan fingerprint density at radius 2 is 1.83 bits per heavy atom. The van der Waals surface area contributed by atoms with Gasteiger partial charge in [0.15, 0.2) is 11.5 Å². The number of ether oxygens (including phenoxy) is 1. The Bertz CT molecular complexity index is 1150. The van der Waals surface area contributed by atoms with Crippen LogP contribution in [0.2, 0.25) is 0 Å². The molecule has 0 amide bonds. The molecule has 0 bridgehead atoms. The molecule has 2 aromatic heterocycles. The molecular formula is C23H23N5O2. The summed E-state index contributed by atoms with van der Waals surface area (Å²) < 4.78 is 7.38. The molecule has 7 heteroatoms. The zero-order valence-electron chi connectivity index (χ0n) is 16.5. The largest absolute Gasteiger partial charge is 0.392 e. The number of morpholine rings is 1. The molecule has 5 rings (SSSR count). The number of fused-ring (bicyclic) bond motifs is 1. The van der Waals surface area contributed by atoms with E-state index in [1.54, 1.807) is 6.20 Å². The first-order valence-corrected chi connectivity index (χ1v) is 10.0. The molecule has 0 spiro atoms. The molecule has 4 aromatic rings. The molecule has 0 atom stereocenters. The van der Waals surface area contributed by atoms with Gasteiger partial charge in [0.05, 0.1) is 25.5 Å². The standard InChI is InChI=1S/C23H23N5O2/c29-16-17-3-1-2-4-20(17)21-15-28-10-9-24-23(28)22(26-21)25-18-5-7-19(8-6-18)27-11-13-30-14-12-27/h1-10,15,29H,11-14,16H2,(H,25,26). The summed E-state index contributed by atoms with van der Waals surface area (Å²) in [4.78, 5) is 11.6. The summed E-state index contributed by atoms with van der Waals surface area (Å²) in [5.74, 6) is 0.671. The topological polar surface area (TPSA) is 74.9 Å². The molecule has 2 N–H and O–H groups in total. The van der Waals surface area contributed by atoms with Crippen molar-refractivity contribution in [1.82, 2.24) is 14.4 Å². The Balaban J connectivity index is 1.47. The second kappa shape index (κ2) is 8.14. The summed E-state index contributed by atoms with van der Waals surface area (Å²) in [6.45, 7) is 3.32. The van der Waals surface area contributed by atoms with Gasteiger partial charge >= 0.3 is 0 Å². The Morgan fingerprint density at radius 3 is 2.63 bits per heavy atom. The lowest BCUT2D eigenvalue weighted by Gasteiger charge is -2.28. The van der Waals surface area contributed by atoms with E-state index < -0.39 is 0 Å². The van der Waals surface area contributed by atoms with Gasteiger partial charge in [-0.05, 0) is 29.8 Å². The molecule has 1 fully saturated rings. The van der Waals surface area contributed by atoms with E-state index in [0.717, 1.165) is 54.5 Å². The van der Waals surface area contributed by atoms with Crippen molar-refractivity contribution in [3.63, 3.8) is 0 Å². The third-order valence-corrected chi connectivity index (χ3v) is 5.34. The second-order valence-electron chi connectivity index (χ2n) is 7.22. The number of hydrogen-bond donors (Lipinski definition) is 2. The summed E-state index contributed by atoms with van der Waals surface area (Å²) in [6.07, 6.45) is 5.59. The highest BCUT2D eigenvalue weighted by Gasteiger charge is 2.13. The summed E-state index contributed by atoms with van der Waals surface area (Å²) in [5, 5.41) is 13.1. The van der Waals surface area contributed by atoms with Gasteiger partial charge in [-0.15, -0.1) is 0 Å². The molecule has 1 aliphatic rings. The van der Waals surface area contributed by atoms with E-state index in [-0.39, 0.29) is 6.61 Å². The third kappa shape index (κ3) is 3.60. The highest BCUT2D eigenvalue weighted by Crippen LogP contribution is 2.28. The van der Waals surface area contributed by atoms with Crippen LogP contribution in [0.4, 0.5) is 17.2 Å². The van der Waals surface area contributed by atoms with Crippen molar-refractivity contribution < 1.29 is 9.84 Å². The van der Waals surface area contributed by atoms with Crippen molar-refractivity contribution in [2.24, 2.45) is 0 Å². The maximum absolute atomic E-state index is 9.72. The van der Waals surface area contributed by atoms with Crippen molar-refractivity contribution in [2.45, 2.75) is 6.61 Å².